The Bertz CT molecular complexity index is 865. The quantitative estimate of drug-likeness (QED) is 0.757. The maximum Gasteiger partial charge on any atom is 0.247 e. The molecule has 2 atom stereocenters. The predicted molar refractivity (Wildman–Crippen MR) is 94.0 cm³/mol. The molecule has 0 unspecified atom stereocenters. The van der Waals surface area contributed by atoms with Gasteiger partial charge in [-0.1, -0.05) is 43.2 Å². The molecular formula is C18H21N5O2. The molecule has 0 saturated heterocycles. The topological polar surface area (TPSA) is 99.1 Å². The fourth-order valence-corrected chi connectivity index (χ4v) is 3.39. The molecule has 0 radical (unpaired) electrons. The molecule has 25 heavy (non-hydrogen) atoms. The van der Waals surface area contributed by atoms with Crippen LogP contribution in [0.2, 0.25) is 0 Å². The highest BCUT2D eigenvalue weighted by atomic mass is 16.5. The molecular weight excluding hydrogens is 318 g/mol. The largest absolute Gasteiger partial charge is 0.471 e. The molecule has 7 heteroatoms. The fraction of sp³-hybridized carbons (Fsp3) is 0.389. The third-order valence-corrected chi connectivity index (χ3v) is 4.68. The third-order valence-electron chi connectivity index (χ3n) is 4.68. The molecule has 0 amide bonds. The van der Waals surface area contributed by atoms with Crippen LogP contribution in [0.15, 0.2) is 36.7 Å². The van der Waals surface area contributed by atoms with Crippen molar-refractivity contribution in [1.82, 2.24) is 19.5 Å². The van der Waals surface area contributed by atoms with Gasteiger partial charge in [0.15, 0.2) is 11.2 Å². The van der Waals surface area contributed by atoms with Crippen molar-refractivity contribution in [2.45, 2.75) is 44.4 Å². The molecule has 0 bridgehead atoms. The minimum atomic E-state index is -0.393. The summed E-state index contributed by atoms with van der Waals surface area (Å²) < 4.78 is 7.75. The number of benzene rings is 1. The van der Waals surface area contributed by atoms with E-state index in [9.17, 15) is 5.11 Å². The van der Waals surface area contributed by atoms with E-state index in [-0.39, 0.29) is 12.0 Å². The van der Waals surface area contributed by atoms with E-state index in [0.717, 1.165) is 31.2 Å². The maximum atomic E-state index is 10.3. The Morgan fingerprint density at radius 2 is 1.96 bits per heavy atom. The lowest BCUT2D eigenvalue weighted by molar-refractivity contribution is 0.0770. The summed E-state index contributed by atoms with van der Waals surface area (Å²) >= 11 is 0. The summed E-state index contributed by atoms with van der Waals surface area (Å²) in [4.78, 5) is 13.0. The van der Waals surface area contributed by atoms with E-state index >= 15 is 0 Å². The van der Waals surface area contributed by atoms with Crippen molar-refractivity contribution >= 4 is 17.1 Å². The normalized spacial score (nSPS) is 20.7. The Morgan fingerprint density at radius 3 is 2.76 bits per heavy atom. The lowest BCUT2D eigenvalue weighted by Gasteiger charge is -2.28. The highest BCUT2D eigenvalue weighted by molar-refractivity contribution is 5.77. The van der Waals surface area contributed by atoms with Gasteiger partial charge in [-0.05, 0) is 18.4 Å². The first-order valence-corrected chi connectivity index (χ1v) is 8.57. The number of hydrogen-bond acceptors (Lipinski definition) is 6. The number of aliphatic hydroxyl groups excluding tert-OH is 1. The van der Waals surface area contributed by atoms with Gasteiger partial charge in [0.25, 0.3) is 0 Å². The fourth-order valence-electron chi connectivity index (χ4n) is 3.39. The van der Waals surface area contributed by atoms with E-state index in [4.69, 9.17) is 10.5 Å². The summed E-state index contributed by atoms with van der Waals surface area (Å²) in [5.41, 5.74) is 8.10. The average molecular weight is 339 g/mol. The van der Waals surface area contributed by atoms with Crippen LogP contribution in [0.5, 0.6) is 5.88 Å². The van der Waals surface area contributed by atoms with Crippen molar-refractivity contribution in [3.8, 4) is 5.88 Å². The van der Waals surface area contributed by atoms with E-state index in [1.807, 2.05) is 34.9 Å². The van der Waals surface area contributed by atoms with Gasteiger partial charge >= 0.3 is 0 Å². The number of anilines is 1. The maximum absolute atomic E-state index is 10.3. The number of aliphatic hydroxyl groups is 1. The minimum Gasteiger partial charge on any atom is -0.471 e. The van der Waals surface area contributed by atoms with Gasteiger partial charge in [-0.3, -0.25) is 0 Å². The van der Waals surface area contributed by atoms with Crippen molar-refractivity contribution in [1.29, 1.82) is 0 Å². The van der Waals surface area contributed by atoms with Crippen LogP contribution >= 0.6 is 0 Å². The summed E-state index contributed by atoms with van der Waals surface area (Å²) in [6.45, 7) is 0.380. The van der Waals surface area contributed by atoms with E-state index in [1.165, 1.54) is 0 Å². The molecule has 1 aliphatic rings. The van der Waals surface area contributed by atoms with E-state index in [2.05, 4.69) is 15.0 Å². The number of nitrogens with two attached hydrogens (primary N) is 1. The van der Waals surface area contributed by atoms with Gasteiger partial charge < -0.3 is 20.1 Å². The zero-order valence-corrected chi connectivity index (χ0v) is 13.9. The average Bonchev–Trinajstić information content (AvgIpc) is 3.04. The second kappa shape index (κ2) is 6.68. The first-order valence-electron chi connectivity index (χ1n) is 8.57. The molecule has 7 nitrogen and oxygen atoms in total. The van der Waals surface area contributed by atoms with Crippen LogP contribution in [-0.2, 0) is 6.61 Å². The van der Waals surface area contributed by atoms with Crippen molar-refractivity contribution in [2.24, 2.45) is 0 Å². The molecule has 0 spiro atoms. The molecule has 2 heterocycles. The summed E-state index contributed by atoms with van der Waals surface area (Å²) in [5.74, 6) is 0.512. The first-order chi connectivity index (χ1) is 12.2. The summed E-state index contributed by atoms with van der Waals surface area (Å²) in [6, 6.07) is 9.82. The van der Waals surface area contributed by atoms with Crippen LogP contribution in [0.4, 0.5) is 5.95 Å². The summed E-state index contributed by atoms with van der Waals surface area (Å²) in [7, 11) is 0. The number of imidazole rings is 1. The number of aromatic nitrogens is 4. The van der Waals surface area contributed by atoms with Crippen LogP contribution in [0.25, 0.3) is 11.2 Å². The van der Waals surface area contributed by atoms with Gasteiger partial charge in [-0.15, -0.1) is 0 Å². The van der Waals surface area contributed by atoms with Gasteiger partial charge in [0.2, 0.25) is 11.8 Å². The molecule has 1 fully saturated rings. The van der Waals surface area contributed by atoms with Gasteiger partial charge in [0.05, 0.1) is 18.5 Å². The van der Waals surface area contributed by atoms with Gasteiger partial charge in [0.1, 0.15) is 6.61 Å². The van der Waals surface area contributed by atoms with Crippen LogP contribution in [0.1, 0.15) is 37.3 Å². The standard InChI is InChI=1S/C18H21N5O2/c19-18-21-16-15(17(22-18)25-10-12-6-2-1-3-7-12)20-11-23(16)13-8-4-5-9-14(13)24/h1-3,6-7,11,13-14,24H,4-5,8-10H2,(H2,19,21,22)/t13-,14-/m1/s1. The van der Waals surface area contributed by atoms with E-state index in [1.54, 1.807) is 6.33 Å². The number of ether oxygens (including phenoxy) is 1. The highest BCUT2D eigenvalue weighted by Crippen LogP contribution is 2.32. The van der Waals surface area contributed by atoms with Crippen LogP contribution in [0.3, 0.4) is 0 Å². The number of nitrogens with zero attached hydrogens (tertiary/aromatic N) is 4. The van der Waals surface area contributed by atoms with E-state index < -0.39 is 6.10 Å². The predicted octanol–water partition coefficient (Wildman–Crippen LogP) is 2.46. The smallest absolute Gasteiger partial charge is 0.247 e. The van der Waals surface area contributed by atoms with Gasteiger partial charge in [-0.2, -0.15) is 9.97 Å². The Hall–Kier alpha value is -2.67. The van der Waals surface area contributed by atoms with Crippen LogP contribution < -0.4 is 10.5 Å². The van der Waals surface area contributed by atoms with E-state index in [0.29, 0.717) is 23.7 Å². The number of fused-ring (bicyclic) bond motifs is 1. The van der Waals surface area contributed by atoms with Crippen molar-refractivity contribution in [3.05, 3.63) is 42.2 Å². The number of nitrogen functional groups attached to an aromatic ring is 1. The highest BCUT2D eigenvalue weighted by Gasteiger charge is 2.27. The third kappa shape index (κ3) is 3.15. The van der Waals surface area contributed by atoms with Crippen molar-refractivity contribution in [2.75, 3.05) is 5.73 Å². The molecule has 1 aliphatic carbocycles. The Labute approximate surface area is 145 Å². The Morgan fingerprint density at radius 1 is 1.16 bits per heavy atom. The molecule has 0 aliphatic heterocycles. The monoisotopic (exact) mass is 339 g/mol. The second-order valence-electron chi connectivity index (χ2n) is 6.40. The molecule has 1 aromatic carbocycles. The van der Waals surface area contributed by atoms with Gasteiger partial charge in [-0.25, -0.2) is 4.98 Å². The van der Waals surface area contributed by atoms with Crippen molar-refractivity contribution < 1.29 is 9.84 Å². The number of rotatable bonds is 4. The Kier molecular flexibility index (Phi) is 4.23. The minimum absolute atomic E-state index is 0.0324. The van der Waals surface area contributed by atoms with Crippen molar-refractivity contribution in [3.63, 3.8) is 0 Å². The Balaban J connectivity index is 1.66. The van der Waals surface area contributed by atoms with Crippen LogP contribution in [0, 0.1) is 0 Å². The zero-order chi connectivity index (χ0) is 17.2. The lowest BCUT2D eigenvalue weighted by Crippen LogP contribution is -2.27. The summed E-state index contributed by atoms with van der Waals surface area (Å²) in [5, 5.41) is 10.3. The molecule has 3 N–H and O–H groups in total. The first kappa shape index (κ1) is 15.8. The lowest BCUT2D eigenvalue weighted by atomic mass is 9.92. The van der Waals surface area contributed by atoms with Gasteiger partial charge in [0, 0.05) is 0 Å². The SMILES string of the molecule is Nc1nc(OCc2ccccc2)c2ncn([C@@H]3CCCC[C@H]3O)c2n1. The molecule has 3 aromatic rings. The molecule has 130 valence electrons. The molecule has 2 aromatic heterocycles. The molecule has 4 rings (SSSR count). The number of hydrogen-bond donors (Lipinski definition) is 2. The van der Waals surface area contributed by atoms with Crippen LogP contribution in [-0.4, -0.2) is 30.7 Å². The second-order valence-corrected chi connectivity index (χ2v) is 6.40. The molecule has 1 saturated carbocycles. The summed E-state index contributed by atoms with van der Waals surface area (Å²) in [6.07, 6.45) is 5.13. The zero-order valence-electron chi connectivity index (χ0n) is 13.9.